The van der Waals surface area contributed by atoms with Gasteiger partial charge in [0.1, 0.15) is 23.5 Å². The normalized spacial score (nSPS) is 18.0. The number of carbonyl (C=O) groups is 1. The van der Waals surface area contributed by atoms with E-state index in [9.17, 15) is 4.79 Å². The monoisotopic (exact) mass is 464 g/mol. The van der Waals surface area contributed by atoms with Crippen molar-refractivity contribution in [2.75, 3.05) is 20.6 Å². The van der Waals surface area contributed by atoms with Crippen LogP contribution in [0.25, 0.3) is 11.1 Å². The van der Waals surface area contributed by atoms with Gasteiger partial charge in [0.15, 0.2) is 0 Å². The van der Waals surface area contributed by atoms with Gasteiger partial charge in [-0.3, -0.25) is 9.69 Å². The molecule has 3 aromatic rings. The molecule has 35 heavy (non-hydrogen) atoms. The van der Waals surface area contributed by atoms with E-state index in [1.165, 1.54) is 11.1 Å². The Labute approximate surface area is 208 Å². The van der Waals surface area contributed by atoms with E-state index in [1.807, 2.05) is 24.1 Å². The van der Waals surface area contributed by atoms with Gasteiger partial charge in [-0.15, -0.1) is 0 Å². The summed E-state index contributed by atoms with van der Waals surface area (Å²) in [5.41, 5.74) is 5.39. The van der Waals surface area contributed by atoms with Crippen LogP contribution in [0.5, 0.6) is 0 Å². The molecule has 0 saturated heterocycles. The molecule has 178 valence electrons. The lowest BCUT2D eigenvalue weighted by Crippen LogP contribution is -2.46. The van der Waals surface area contributed by atoms with E-state index in [2.05, 4.69) is 108 Å². The summed E-state index contributed by atoms with van der Waals surface area (Å²) in [6.07, 6.45) is 0.753. The van der Waals surface area contributed by atoms with Crippen molar-refractivity contribution >= 4 is 5.91 Å². The molecule has 5 rings (SSSR count). The minimum Gasteiger partial charge on any atom is -0.335 e. The highest BCUT2D eigenvalue weighted by Gasteiger charge is 2.47. The van der Waals surface area contributed by atoms with Gasteiger partial charge in [-0.05, 0) is 34.7 Å². The minimum atomic E-state index is -0.121. The predicted molar refractivity (Wildman–Crippen MR) is 140 cm³/mol. The Morgan fingerprint density at radius 3 is 2.20 bits per heavy atom. The summed E-state index contributed by atoms with van der Waals surface area (Å²) in [6.45, 7) is 7.62. The highest BCUT2D eigenvalue weighted by molar-refractivity contribution is 5.96. The molecule has 0 spiro atoms. The Morgan fingerprint density at radius 1 is 0.857 bits per heavy atom. The molecule has 1 unspecified atom stereocenters. The zero-order valence-electron chi connectivity index (χ0n) is 20.7. The third-order valence-electron chi connectivity index (χ3n) is 6.89. The first-order valence-electron chi connectivity index (χ1n) is 12.2. The smallest absolute Gasteiger partial charge is 0.279 e. The molecule has 3 aromatic carbocycles. The van der Waals surface area contributed by atoms with E-state index in [4.69, 9.17) is 0 Å². The van der Waals surface area contributed by atoms with Gasteiger partial charge >= 0.3 is 0 Å². The predicted octanol–water partition coefficient (Wildman–Crippen LogP) is 5.62. The van der Waals surface area contributed by atoms with Gasteiger partial charge < -0.3 is 14.7 Å². The van der Waals surface area contributed by atoms with Crippen molar-refractivity contribution in [2.24, 2.45) is 0 Å². The number of hydrogen-bond acceptors (Lipinski definition) is 4. The molecule has 0 aromatic heterocycles. The van der Waals surface area contributed by atoms with E-state index in [-0.39, 0.29) is 12.1 Å². The molecule has 2 aliphatic heterocycles. The number of carbonyl (C=O) groups excluding carboxylic acids is 1. The lowest BCUT2D eigenvalue weighted by molar-refractivity contribution is -0.129. The van der Waals surface area contributed by atoms with Gasteiger partial charge in [0, 0.05) is 27.2 Å². The maximum Gasteiger partial charge on any atom is 0.279 e. The van der Waals surface area contributed by atoms with Crippen LogP contribution in [0.1, 0.15) is 30.6 Å². The maximum absolute atomic E-state index is 13.9. The first kappa shape index (κ1) is 22.8. The zero-order chi connectivity index (χ0) is 24.5. The summed E-state index contributed by atoms with van der Waals surface area (Å²) in [6, 6.07) is 29.5. The molecule has 0 N–H and O–H groups in total. The molecular formula is C30H32N4O. The highest BCUT2D eigenvalue weighted by atomic mass is 16.2. The van der Waals surface area contributed by atoms with E-state index >= 15 is 0 Å². The van der Waals surface area contributed by atoms with Crippen LogP contribution in [-0.2, 0) is 11.3 Å². The summed E-state index contributed by atoms with van der Waals surface area (Å²) < 4.78 is 0. The van der Waals surface area contributed by atoms with Gasteiger partial charge in [-0.25, -0.2) is 0 Å². The molecule has 0 saturated carbocycles. The third-order valence-corrected chi connectivity index (χ3v) is 6.89. The number of amides is 1. The van der Waals surface area contributed by atoms with Crippen LogP contribution in [-0.4, -0.2) is 46.1 Å². The first-order valence-corrected chi connectivity index (χ1v) is 12.2. The van der Waals surface area contributed by atoms with E-state index < -0.39 is 0 Å². The molecule has 0 bridgehead atoms. The van der Waals surface area contributed by atoms with Crippen LogP contribution in [0.3, 0.4) is 0 Å². The molecular weight excluding hydrogens is 432 g/mol. The van der Waals surface area contributed by atoms with Crippen molar-refractivity contribution < 1.29 is 4.79 Å². The number of benzene rings is 3. The number of rotatable bonds is 6. The van der Waals surface area contributed by atoms with Gasteiger partial charge in [0.05, 0.1) is 0 Å². The number of hydrogen-bond donors (Lipinski definition) is 0. The fourth-order valence-electron chi connectivity index (χ4n) is 5.22. The first-order chi connectivity index (χ1) is 17.0. The quantitative estimate of drug-likeness (QED) is 0.473. The largest absolute Gasteiger partial charge is 0.335 e. The molecule has 0 radical (unpaired) electrons. The Hall–Kier alpha value is -3.99. The van der Waals surface area contributed by atoms with E-state index in [0.717, 1.165) is 34.9 Å². The van der Waals surface area contributed by atoms with Crippen molar-refractivity contribution in [3.8, 4) is 11.1 Å². The molecule has 0 fully saturated rings. The second-order valence-electron chi connectivity index (χ2n) is 9.19. The number of nitrogens with zero attached hydrogens (tertiary/aromatic N) is 4. The zero-order valence-corrected chi connectivity index (χ0v) is 20.7. The average Bonchev–Trinajstić information content (AvgIpc) is 3.18. The Kier molecular flexibility index (Phi) is 6.08. The van der Waals surface area contributed by atoms with Crippen LogP contribution in [0.4, 0.5) is 0 Å². The fourth-order valence-corrected chi connectivity index (χ4v) is 5.22. The lowest BCUT2D eigenvalue weighted by Gasteiger charge is -2.38. The lowest BCUT2D eigenvalue weighted by atomic mass is 10.0. The Bertz CT molecular complexity index is 1270. The van der Waals surface area contributed by atoms with Crippen molar-refractivity contribution in [3.05, 3.63) is 120 Å². The minimum absolute atomic E-state index is 0.0226. The SMILES string of the molecule is C=C1N(C)C2=C(C(=O)N1CCC)N(Cc1ccccc1)C(c1cccc(-c3ccccc3)c1)N2C. The molecule has 2 heterocycles. The third kappa shape index (κ3) is 3.97. The summed E-state index contributed by atoms with van der Waals surface area (Å²) in [4.78, 5) is 22.2. The average molecular weight is 465 g/mol. The highest BCUT2D eigenvalue weighted by Crippen LogP contribution is 2.45. The topological polar surface area (TPSA) is 30.0 Å². The van der Waals surface area contributed by atoms with Crippen molar-refractivity contribution in [1.29, 1.82) is 0 Å². The Morgan fingerprint density at radius 2 is 1.51 bits per heavy atom. The Balaban J connectivity index is 1.62. The fraction of sp³-hybridized carbons (Fsp3) is 0.233. The second-order valence-corrected chi connectivity index (χ2v) is 9.19. The van der Waals surface area contributed by atoms with E-state index in [0.29, 0.717) is 13.1 Å². The standard InChI is InChI=1S/C30H32N4O/c1-5-19-33-22(2)31(3)29-27(30(33)35)34(21-23-13-8-6-9-14-23)28(32(29)4)26-18-12-17-25(20-26)24-15-10-7-11-16-24/h6-18,20,28H,2,5,19,21H2,1,3-4H3. The van der Waals surface area contributed by atoms with Crippen LogP contribution in [0.2, 0.25) is 0 Å². The molecule has 1 amide bonds. The van der Waals surface area contributed by atoms with Gasteiger partial charge in [0.2, 0.25) is 0 Å². The van der Waals surface area contributed by atoms with Crippen LogP contribution in [0.15, 0.2) is 109 Å². The van der Waals surface area contributed by atoms with Gasteiger partial charge in [-0.1, -0.05) is 92.4 Å². The van der Waals surface area contributed by atoms with Crippen molar-refractivity contribution in [2.45, 2.75) is 26.1 Å². The summed E-state index contributed by atoms with van der Waals surface area (Å²) in [5, 5.41) is 0. The second kappa shape index (κ2) is 9.34. The molecule has 5 nitrogen and oxygen atoms in total. The van der Waals surface area contributed by atoms with Gasteiger partial charge in [0.25, 0.3) is 5.91 Å². The summed E-state index contributed by atoms with van der Waals surface area (Å²) >= 11 is 0. The van der Waals surface area contributed by atoms with Crippen molar-refractivity contribution in [3.63, 3.8) is 0 Å². The molecule has 5 heteroatoms. The van der Waals surface area contributed by atoms with E-state index in [1.54, 1.807) is 0 Å². The van der Waals surface area contributed by atoms with Crippen LogP contribution in [0, 0.1) is 0 Å². The van der Waals surface area contributed by atoms with Gasteiger partial charge in [-0.2, -0.15) is 0 Å². The van der Waals surface area contributed by atoms with Crippen LogP contribution >= 0.6 is 0 Å². The maximum atomic E-state index is 13.9. The molecule has 0 aliphatic carbocycles. The summed E-state index contributed by atoms with van der Waals surface area (Å²) in [5.74, 6) is 1.65. The van der Waals surface area contributed by atoms with Crippen LogP contribution < -0.4 is 0 Å². The molecule has 2 aliphatic rings. The molecule has 1 atom stereocenters. The van der Waals surface area contributed by atoms with Crippen molar-refractivity contribution in [1.82, 2.24) is 19.6 Å². The summed E-state index contributed by atoms with van der Waals surface area (Å²) in [7, 11) is 4.08.